The van der Waals surface area contributed by atoms with Crippen molar-refractivity contribution in [2.24, 2.45) is 5.41 Å². The van der Waals surface area contributed by atoms with Crippen molar-refractivity contribution in [2.45, 2.75) is 27.4 Å². The highest BCUT2D eigenvalue weighted by Crippen LogP contribution is 2.15. The maximum absolute atomic E-state index is 11.3. The number of nitrogens with one attached hydrogen (secondary N) is 1. The van der Waals surface area contributed by atoms with Crippen LogP contribution in [0.25, 0.3) is 0 Å². The van der Waals surface area contributed by atoms with Crippen molar-refractivity contribution in [1.29, 1.82) is 0 Å². The van der Waals surface area contributed by atoms with Crippen molar-refractivity contribution < 1.29 is 9.53 Å². The summed E-state index contributed by atoms with van der Waals surface area (Å²) in [7, 11) is 0. The summed E-state index contributed by atoms with van der Waals surface area (Å²) in [5.41, 5.74) is 0.286. The highest BCUT2D eigenvalue weighted by Gasteiger charge is 2.22. The smallest absolute Gasteiger partial charge is 0.311 e. The number of esters is 1. The van der Waals surface area contributed by atoms with Gasteiger partial charge in [-0.05, 0) is 20.8 Å². The number of aromatic nitrogens is 2. The molecule has 0 bridgehead atoms. The first-order valence-electron chi connectivity index (χ1n) is 4.15. The van der Waals surface area contributed by atoms with Gasteiger partial charge in [0.2, 0.25) is 0 Å². The van der Waals surface area contributed by atoms with E-state index in [2.05, 4.69) is 9.97 Å². The van der Waals surface area contributed by atoms with Crippen molar-refractivity contribution in [3.05, 3.63) is 18.2 Å². The second kappa shape index (κ2) is 3.60. The fourth-order valence-corrected chi connectivity index (χ4v) is 0.726. The predicted octanol–water partition coefficient (Wildman–Crippen LogP) is 1.50. The molecule has 0 amide bonds. The van der Waals surface area contributed by atoms with E-state index < -0.39 is 5.41 Å². The first-order chi connectivity index (χ1) is 6.00. The molecule has 0 unspecified atom stereocenters. The topological polar surface area (TPSA) is 55.0 Å². The van der Waals surface area contributed by atoms with E-state index in [1.54, 1.807) is 12.5 Å². The number of ether oxygens (including phenoxy) is 1. The zero-order chi connectivity index (χ0) is 9.90. The van der Waals surface area contributed by atoms with Crippen molar-refractivity contribution in [3.63, 3.8) is 0 Å². The Labute approximate surface area is 77.3 Å². The number of hydrogen-bond donors (Lipinski definition) is 1. The minimum atomic E-state index is -0.448. The monoisotopic (exact) mass is 182 g/mol. The Morgan fingerprint density at radius 3 is 2.77 bits per heavy atom. The summed E-state index contributed by atoms with van der Waals surface area (Å²) in [5, 5.41) is 0. The first-order valence-corrected chi connectivity index (χ1v) is 4.15. The van der Waals surface area contributed by atoms with Crippen LogP contribution in [0.1, 0.15) is 26.5 Å². The number of carbonyl (C=O) groups is 1. The predicted molar refractivity (Wildman–Crippen MR) is 47.8 cm³/mol. The average Bonchev–Trinajstić information content (AvgIpc) is 2.50. The molecule has 0 spiro atoms. The molecule has 1 aromatic heterocycles. The minimum absolute atomic E-state index is 0.212. The molecule has 0 aliphatic heterocycles. The van der Waals surface area contributed by atoms with Gasteiger partial charge in [0.1, 0.15) is 6.61 Å². The van der Waals surface area contributed by atoms with Crippen LogP contribution in [0, 0.1) is 5.41 Å². The molecule has 0 aliphatic carbocycles. The van der Waals surface area contributed by atoms with Gasteiger partial charge in [-0.3, -0.25) is 4.79 Å². The number of hydrogen-bond acceptors (Lipinski definition) is 3. The van der Waals surface area contributed by atoms with Crippen molar-refractivity contribution >= 4 is 5.97 Å². The van der Waals surface area contributed by atoms with Gasteiger partial charge in [-0.25, -0.2) is 4.98 Å². The lowest BCUT2D eigenvalue weighted by Crippen LogP contribution is -2.22. The fraction of sp³-hybridized carbons (Fsp3) is 0.556. The van der Waals surface area contributed by atoms with Gasteiger partial charge < -0.3 is 9.72 Å². The third kappa shape index (κ3) is 2.89. The summed E-state index contributed by atoms with van der Waals surface area (Å²) < 4.78 is 5.03. The van der Waals surface area contributed by atoms with Gasteiger partial charge in [-0.2, -0.15) is 0 Å². The number of carbonyl (C=O) groups excluding carboxylic acids is 1. The lowest BCUT2D eigenvalue weighted by atomic mass is 9.97. The Morgan fingerprint density at radius 1 is 1.62 bits per heavy atom. The molecule has 0 aromatic carbocycles. The van der Waals surface area contributed by atoms with Crippen LogP contribution in [-0.4, -0.2) is 15.9 Å². The van der Waals surface area contributed by atoms with Crippen LogP contribution >= 0.6 is 0 Å². The van der Waals surface area contributed by atoms with Crippen LogP contribution in [0.15, 0.2) is 12.5 Å². The standard InChI is InChI=1S/C9H14N2O2/c1-9(2,3)8(12)13-5-7-4-10-6-11-7/h4,6H,5H2,1-3H3,(H,10,11). The Kier molecular flexibility index (Phi) is 2.70. The molecule has 1 N–H and O–H groups in total. The Hall–Kier alpha value is -1.32. The van der Waals surface area contributed by atoms with Crippen LogP contribution in [0.4, 0.5) is 0 Å². The summed E-state index contributed by atoms with van der Waals surface area (Å²) in [6.45, 7) is 5.69. The lowest BCUT2D eigenvalue weighted by Gasteiger charge is -2.15. The van der Waals surface area contributed by atoms with E-state index in [0.717, 1.165) is 5.69 Å². The second-order valence-electron chi connectivity index (χ2n) is 3.89. The maximum atomic E-state index is 11.3. The molecule has 0 saturated carbocycles. The van der Waals surface area contributed by atoms with Crippen LogP contribution in [0.5, 0.6) is 0 Å². The van der Waals surface area contributed by atoms with Gasteiger partial charge in [0.25, 0.3) is 0 Å². The molecule has 1 aromatic rings. The molecule has 0 fully saturated rings. The van der Waals surface area contributed by atoms with Crippen molar-refractivity contribution in [1.82, 2.24) is 9.97 Å². The number of H-pyrrole nitrogens is 1. The second-order valence-corrected chi connectivity index (χ2v) is 3.89. The lowest BCUT2D eigenvalue weighted by molar-refractivity contribution is -0.154. The van der Waals surface area contributed by atoms with Gasteiger partial charge in [-0.1, -0.05) is 0 Å². The Balaban J connectivity index is 2.40. The number of rotatable bonds is 2. The summed E-state index contributed by atoms with van der Waals surface area (Å²) in [4.78, 5) is 18.0. The summed E-state index contributed by atoms with van der Waals surface area (Å²) >= 11 is 0. The number of nitrogens with zero attached hydrogens (tertiary/aromatic N) is 1. The normalized spacial score (nSPS) is 11.3. The quantitative estimate of drug-likeness (QED) is 0.705. The molecule has 1 heterocycles. The molecule has 13 heavy (non-hydrogen) atoms. The zero-order valence-electron chi connectivity index (χ0n) is 8.13. The molecule has 1 rings (SSSR count). The Bertz CT molecular complexity index is 272. The highest BCUT2D eigenvalue weighted by molar-refractivity contribution is 5.75. The largest absolute Gasteiger partial charge is 0.459 e. The van der Waals surface area contributed by atoms with Gasteiger partial charge in [-0.15, -0.1) is 0 Å². The van der Waals surface area contributed by atoms with Crippen LogP contribution in [-0.2, 0) is 16.1 Å². The minimum Gasteiger partial charge on any atom is -0.459 e. The van der Waals surface area contributed by atoms with E-state index in [-0.39, 0.29) is 12.6 Å². The molecule has 4 nitrogen and oxygen atoms in total. The van der Waals surface area contributed by atoms with E-state index in [9.17, 15) is 4.79 Å². The number of aromatic amines is 1. The molecule has 0 saturated heterocycles. The molecule has 0 radical (unpaired) electrons. The summed E-state index contributed by atoms with van der Waals surface area (Å²) in [5.74, 6) is -0.212. The molecular weight excluding hydrogens is 168 g/mol. The highest BCUT2D eigenvalue weighted by atomic mass is 16.5. The van der Waals surface area contributed by atoms with Gasteiger partial charge in [0.15, 0.2) is 0 Å². The fourth-order valence-electron chi connectivity index (χ4n) is 0.726. The molecule has 0 aliphatic rings. The molecule has 0 atom stereocenters. The molecule has 72 valence electrons. The van der Waals surface area contributed by atoms with Gasteiger partial charge in [0, 0.05) is 6.20 Å². The average molecular weight is 182 g/mol. The zero-order valence-corrected chi connectivity index (χ0v) is 8.13. The van der Waals surface area contributed by atoms with E-state index in [0.29, 0.717) is 0 Å². The van der Waals surface area contributed by atoms with Crippen LogP contribution in [0.2, 0.25) is 0 Å². The van der Waals surface area contributed by atoms with E-state index in [4.69, 9.17) is 4.74 Å². The first kappa shape index (κ1) is 9.77. The van der Waals surface area contributed by atoms with Crippen molar-refractivity contribution in [2.75, 3.05) is 0 Å². The summed E-state index contributed by atoms with van der Waals surface area (Å²) in [6.07, 6.45) is 3.26. The van der Waals surface area contributed by atoms with Crippen LogP contribution in [0.3, 0.4) is 0 Å². The van der Waals surface area contributed by atoms with Gasteiger partial charge in [0.05, 0.1) is 17.4 Å². The third-order valence-corrected chi connectivity index (χ3v) is 1.52. The number of imidazole rings is 1. The van der Waals surface area contributed by atoms with E-state index in [1.165, 1.54) is 0 Å². The molecular formula is C9H14N2O2. The molecule has 4 heteroatoms. The van der Waals surface area contributed by atoms with E-state index >= 15 is 0 Å². The Morgan fingerprint density at radius 2 is 2.31 bits per heavy atom. The maximum Gasteiger partial charge on any atom is 0.311 e. The summed E-state index contributed by atoms with van der Waals surface area (Å²) in [6, 6.07) is 0. The third-order valence-electron chi connectivity index (χ3n) is 1.52. The van der Waals surface area contributed by atoms with Gasteiger partial charge >= 0.3 is 5.97 Å². The van der Waals surface area contributed by atoms with Crippen LogP contribution < -0.4 is 0 Å². The van der Waals surface area contributed by atoms with E-state index in [1.807, 2.05) is 20.8 Å². The van der Waals surface area contributed by atoms with Crippen molar-refractivity contribution in [3.8, 4) is 0 Å². The SMILES string of the molecule is CC(C)(C)C(=O)OCc1c[nH]cn1.